The molecule has 1 N–H and O–H groups in total. The molecular weight excluding hydrogens is 89.7 g/mol. The van der Waals surface area contributed by atoms with E-state index < -0.39 is 5.97 Å². The lowest BCUT2D eigenvalue weighted by Crippen LogP contribution is -1.90. The Kier molecular flexibility index (Phi) is 2.27. The fourth-order valence-corrected chi connectivity index (χ4v) is 0.247. The Morgan fingerprint density at radius 3 is 2.00 bits per heavy atom. The van der Waals surface area contributed by atoms with Crippen LogP contribution >= 0.6 is 0 Å². The summed E-state index contributed by atoms with van der Waals surface area (Å²) in [6, 6.07) is 0. The Bertz CT molecular complexity index is 104. The summed E-state index contributed by atoms with van der Waals surface area (Å²) < 4.78 is 0. The van der Waals surface area contributed by atoms with E-state index in [1.54, 1.807) is 15.7 Å². The molecule has 0 aliphatic carbocycles. The van der Waals surface area contributed by atoms with Crippen LogP contribution in [0.4, 0.5) is 0 Å². The third-order valence-corrected chi connectivity index (χ3v) is 0.412. The molecule has 7 heavy (non-hydrogen) atoms. The van der Waals surface area contributed by atoms with Gasteiger partial charge in [-0.2, -0.15) is 0 Å². The second kappa shape index (κ2) is 2.50. The van der Waals surface area contributed by atoms with E-state index in [0.29, 0.717) is 0 Å². The van der Waals surface area contributed by atoms with Crippen molar-refractivity contribution in [1.29, 1.82) is 0 Å². The summed E-state index contributed by atoms with van der Waals surface area (Å²) in [5.74, 6) is -0.875. The summed E-state index contributed by atoms with van der Waals surface area (Å²) in [7, 11) is 3.49. The van der Waals surface area contributed by atoms with Crippen LogP contribution in [0, 0.1) is 0 Å². The van der Waals surface area contributed by atoms with Crippen LogP contribution < -0.4 is 0 Å². The van der Waals surface area contributed by atoms with Gasteiger partial charge < -0.3 is 5.11 Å². The van der Waals surface area contributed by atoms with Gasteiger partial charge in [-0.1, -0.05) is 0 Å². The van der Waals surface area contributed by atoms with E-state index in [0.717, 1.165) is 5.37 Å². The molecule has 0 aliphatic heterocycles. The van der Waals surface area contributed by atoms with Gasteiger partial charge in [-0.05, 0) is 0 Å². The highest BCUT2D eigenvalue weighted by atomic mass is 16.4. The van der Waals surface area contributed by atoms with E-state index >= 15 is 0 Å². The Morgan fingerprint density at radius 2 is 2.00 bits per heavy atom. The van der Waals surface area contributed by atoms with Gasteiger partial charge in [0, 0.05) is 6.08 Å². The predicted molar refractivity (Wildman–Crippen MR) is 32.8 cm³/mol. The quantitative estimate of drug-likeness (QED) is 0.308. The molecule has 0 rings (SSSR count). The smallest absolute Gasteiger partial charge is 0.326 e. The fraction of sp³-hybridized carbons (Fsp3) is 0. The van der Waals surface area contributed by atoms with Crippen molar-refractivity contribution in [2.75, 3.05) is 0 Å². The van der Waals surface area contributed by atoms with Gasteiger partial charge in [0.2, 0.25) is 0 Å². The molecule has 0 amide bonds. The van der Waals surface area contributed by atoms with Crippen molar-refractivity contribution in [1.82, 2.24) is 0 Å². The lowest BCUT2D eigenvalue weighted by molar-refractivity contribution is -0.131. The zero-order valence-corrected chi connectivity index (χ0v) is 4.43. The van der Waals surface area contributed by atoms with Gasteiger partial charge in [-0.15, -0.1) is 5.37 Å². The van der Waals surface area contributed by atoms with Gasteiger partial charge in [0.25, 0.3) is 0 Å². The van der Waals surface area contributed by atoms with E-state index in [-0.39, 0.29) is 0 Å². The van der Waals surface area contributed by atoms with Crippen LogP contribution in [-0.4, -0.2) is 26.8 Å². The lowest BCUT2D eigenvalue weighted by Gasteiger charge is -1.79. The first-order chi connectivity index (χ1) is 3.13. The maximum absolute atomic E-state index is 9.73. The monoisotopic (exact) mass is 96.1 g/mol. The molecular formula is C3H6B2O2. The van der Waals surface area contributed by atoms with Crippen molar-refractivity contribution in [3.8, 4) is 0 Å². The summed E-state index contributed by atoms with van der Waals surface area (Å²) >= 11 is 0. The standard InChI is InChI=1S/C3H6B2O2/c4-2(5)1-3(6)7/h1H,4-5H2,(H,6,7). The summed E-state index contributed by atoms with van der Waals surface area (Å²) in [4.78, 5) is 9.73. The topological polar surface area (TPSA) is 37.3 Å². The third-order valence-electron chi connectivity index (χ3n) is 0.412. The minimum atomic E-state index is -0.875. The largest absolute Gasteiger partial charge is 0.478 e. The molecule has 0 aromatic rings. The molecule has 0 radical (unpaired) electrons. The number of hydrogen-bond acceptors (Lipinski definition) is 1. The summed E-state index contributed by atoms with van der Waals surface area (Å²) in [5, 5.41) is 8.82. The molecule has 2 nitrogen and oxygen atoms in total. The molecule has 0 aromatic carbocycles. The zero-order valence-electron chi connectivity index (χ0n) is 4.43. The predicted octanol–water partition coefficient (Wildman–Crippen LogP) is -1.82. The zero-order chi connectivity index (χ0) is 5.86. The first kappa shape index (κ1) is 6.34. The molecule has 36 valence electrons. The summed E-state index contributed by atoms with van der Waals surface area (Å²) in [6.07, 6.45) is 1.17. The van der Waals surface area contributed by atoms with Gasteiger partial charge in [0.15, 0.2) is 0 Å². The van der Waals surface area contributed by atoms with Crippen LogP contribution in [0.25, 0.3) is 0 Å². The van der Waals surface area contributed by atoms with E-state index in [4.69, 9.17) is 5.11 Å². The van der Waals surface area contributed by atoms with E-state index in [1.165, 1.54) is 6.08 Å². The molecule has 0 aromatic heterocycles. The molecule has 0 unspecified atom stereocenters. The van der Waals surface area contributed by atoms with Crippen LogP contribution in [0.3, 0.4) is 0 Å². The minimum absolute atomic E-state index is 0.813. The molecule has 0 heterocycles. The Hall–Kier alpha value is -0.660. The Labute approximate surface area is 44.0 Å². The Balaban J connectivity index is 3.68. The van der Waals surface area contributed by atoms with Gasteiger partial charge in [0.05, 0.1) is 0 Å². The van der Waals surface area contributed by atoms with Crippen molar-refractivity contribution in [3.05, 3.63) is 11.4 Å². The molecule has 0 saturated heterocycles. The molecule has 0 aliphatic rings. The highest BCUT2D eigenvalue weighted by Gasteiger charge is 1.83. The number of carbonyl (C=O) groups is 1. The minimum Gasteiger partial charge on any atom is -0.478 e. The van der Waals surface area contributed by atoms with Crippen molar-refractivity contribution >= 4 is 21.7 Å². The molecule has 0 atom stereocenters. The van der Waals surface area contributed by atoms with Crippen LogP contribution in [0.1, 0.15) is 0 Å². The van der Waals surface area contributed by atoms with Crippen molar-refractivity contribution < 1.29 is 9.90 Å². The van der Waals surface area contributed by atoms with Crippen molar-refractivity contribution in [3.63, 3.8) is 0 Å². The first-order valence-electron chi connectivity index (χ1n) is 2.01. The van der Waals surface area contributed by atoms with Crippen LogP contribution in [0.15, 0.2) is 11.4 Å². The lowest BCUT2D eigenvalue weighted by atomic mass is 9.78. The first-order valence-corrected chi connectivity index (χ1v) is 2.01. The number of aliphatic carboxylic acids is 1. The van der Waals surface area contributed by atoms with Gasteiger partial charge in [0.1, 0.15) is 15.7 Å². The average Bonchev–Trinajstić information content (AvgIpc) is 1.27. The number of hydrogen-bond donors (Lipinski definition) is 1. The maximum atomic E-state index is 9.73. The van der Waals surface area contributed by atoms with Gasteiger partial charge in [-0.25, -0.2) is 4.79 Å². The van der Waals surface area contributed by atoms with Crippen LogP contribution in [0.5, 0.6) is 0 Å². The summed E-state index contributed by atoms with van der Waals surface area (Å²) in [6.45, 7) is 0. The molecule has 0 bridgehead atoms. The second-order valence-corrected chi connectivity index (χ2v) is 1.56. The molecule has 0 fully saturated rings. The molecule has 0 saturated carbocycles. The second-order valence-electron chi connectivity index (χ2n) is 1.56. The van der Waals surface area contributed by atoms with E-state index in [9.17, 15) is 4.79 Å². The Morgan fingerprint density at radius 1 is 1.57 bits per heavy atom. The summed E-state index contributed by atoms with van der Waals surface area (Å²) in [5.41, 5.74) is 0. The highest BCUT2D eigenvalue weighted by molar-refractivity contribution is 6.49. The van der Waals surface area contributed by atoms with Gasteiger partial charge in [-0.3, -0.25) is 0 Å². The number of carboxylic acids is 1. The van der Waals surface area contributed by atoms with E-state index in [2.05, 4.69) is 0 Å². The number of carboxylic acid groups (broad SMARTS) is 1. The molecule has 0 spiro atoms. The van der Waals surface area contributed by atoms with Crippen LogP contribution in [-0.2, 0) is 4.79 Å². The fourth-order valence-electron chi connectivity index (χ4n) is 0.247. The van der Waals surface area contributed by atoms with E-state index in [1.807, 2.05) is 0 Å². The number of rotatable bonds is 1. The maximum Gasteiger partial charge on any atom is 0.326 e. The molecule has 4 heteroatoms. The average molecular weight is 95.7 g/mol. The van der Waals surface area contributed by atoms with Crippen LogP contribution in [0.2, 0.25) is 0 Å². The highest BCUT2D eigenvalue weighted by Crippen LogP contribution is 1.74. The third kappa shape index (κ3) is 5.34. The van der Waals surface area contributed by atoms with Crippen molar-refractivity contribution in [2.45, 2.75) is 0 Å². The van der Waals surface area contributed by atoms with Crippen molar-refractivity contribution in [2.24, 2.45) is 0 Å². The normalized spacial score (nSPS) is 7.43. The van der Waals surface area contributed by atoms with Gasteiger partial charge >= 0.3 is 5.97 Å². The SMILES string of the molecule is BC(B)=CC(=O)O.